The molecule has 3 aromatic carbocycles. The maximum atomic E-state index is 9.80. The highest BCUT2D eigenvalue weighted by Crippen LogP contribution is 2.36. The predicted molar refractivity (Wildman–Crippen MR) is 128 cm³/mol. The van der Waals surface area contributed by atoms with E-state index in [1.54, 1.807) is 12.1 Å². The van der Waals surface area contributed by atoms with Crippen LogP contribution in [0.15, 0.2) is 66.7 Å². The topological polar surface area (TPSA) is 67.3 Å². The molecule has 0 bridgehead atoms. The minimum absolute atomic E-state index is 0.254. The number of rotatable bonds is 8. The maximum absolute atomic E-state index is 9.80. The number of ether oxygens (including phenoxy) is 1. The zero-order valence-corrected chi connectivity index (χ0v) is 18.4. The van der Waals surface area contributed by atoms with Gasteiger partial charge in [0.25, 0.3) is 0 Å². The Morgan fingerprint density at radius 1 is 0.903 bits per heavy atom. The van der Waals surface area contributed by atoms with E-state index in [-0.39, 0.29) is 5.75 Å². The number of benzene rings is 3. The second-order valence-electron chi connectivity index (χ2n) is 7.20. The number of hydrogen-bond acceptors (Lipinski definition) is 6. The van der Waals surface area contributed by atoms with Crippen LogP contribution in [0.25, 0.3) is 22.2 Å². The highest BCUT2D eigenvalue weighted by molar-refractivity contribution is 7.00. The molecule has 1 heterocycles. The number of likely N-dealkylation sites (N-methyl/N-ethyl adjacent to an activating group) is 1. The van der Waals surface area contributed by atoms with E-state index >= 15 is 0 Å². The molecule has 4 rings (SSSR count). The average molecular weight is 432 g/mol. The minimum atomic E-state index is 0.254. The first-order chi connectivity index (χ1) is 15.2. The number of allylic oxidation sites excluding steroid dienone is 1. The van der Waals surface area contributed by atoms with Crippen LogP contribution >= 0.6 is 11.7 Å². The van der Waals surface area contributed by atoms with Gasteiger partial charge >= 0.3 is 0 Å². The molecule has 0 aliphatic heterocycles. The van der Waals surface area contributed by atoms with E-state index in [1.807, 2.05) is 37.4 Å². The molecule has 5 nitrogen and oxygen atoms in total. The second kappa shape index (κ2) is 9.73. The lowest BCUT2D eigenvalue weighted by Gasteiger charge is -2.17. The number of phenolic OH excluding ortho intramolecular Hbond substituents is 1. The van der Waals surface area contributed by atoms with Gasteiger partial charge in [-0.05, 0) is 77.7 Å². The van der Waals surface area contributed by atoms with Crippen molar-refractivity contribution in [3.63, 3.8) is 0 Å². The fraction of sp³-hybridized carbons (Fsp3) is 0.200. The van der Waals surface area contributed by atoms with Crippen LogP contribution in [0.5, 0.6) is 11.5 Å². The maximum Gasteiger partial charge on any atom is 0.119 e. The van der Waals surface area contributed by atoms with Crippen molar-refractivity contribution in [3.8, 4) is 11.5 Å². The summed E-state index contributed by atoms with van der Waals surface area (Å²) in [4.78, 5) is 0. The van der Waals surface area contributed by atoms with Gasteiger partial charge in [-0.2, -0.15) is 8.75 Å². The van der Waals surface area contributed by atoms with Gasteiger partial charge in [0.1, 0.15) is 29.1 Å². The number of hydrogen-bond donors (Lipinski definition) is 2. The smallest absolute Gasteiger partial charge is 0.119 e. The van der Waals surface area contributed by atoms with Gasteiger partial charge in [-0.15, -0.1) is 0 Å². The van der Waals surface area contributed by atoms with Crippen LogP contribution in [-0.2, 0) is 0 Å². The molecule has 0 saturated carbocycles. The van der Waals surface area contributed by atoms with Crippen molar-refractivity contribution < 1.29 is 9.84 Å². The van der Waals surface area contributed by atoms with E-state index in [0.717, 1.165) is 52.0 Å². The molecule has 6 heteroatoms. The Balaban J connectivity index is 1.82. The normalized spacial score (nSPS) is 12.1. The van der Waals surface area contributed by atoms with E-state index in [4.69, 9.17) is 4.74 Å². The summed E-state index contributed by atoms with van der Waals surface area (Å²) in [7, 11) is 1.91. The van der Waals surface area contributed by atoms with Gasteiger partial charge in [0, 0.05) is 6.54 Å². The SMILES string of the molecule is CC/C(=C(\c1ccc(O)cc1)c1ccc(OCCNC)cc1)c1ccc2nsnc2c1. The second-order valence-corrected chi connectivity index (χ2v) is 7.73. The summed E-state index contributed by atoms with van der Waals surface area (Å²) in [5.74, 6) is 1.10. The van der Waals surface area contributed by atoms with Gasteiger partial charge in [-0.1, -0.05) is 37.3 Å². The first-order valence-corrected chi connectivity index (χ1v) is 11.1. The Kier molecular flexibility index (Phi) is 6.60. The Morgan fingerprint density at radius 3 is 2.23 bits per heavy atom. The van der Waals surface area contributed by atoms with Crippen molar-refractivity contribution in [2.75, 3.05) is 20.2 Å². The summed E-state index contributed by atoms with van der Waals surface area (Å²) >= 11 is 1.23. The summed E-state index contributed by atoms with van der Waals surface area (Å²) in [5.41, 5.74) is 7.44. The van der Waals surface area contributed by atoms with Crippen LogP contribution < -0.4 is 10.1 Å². The Morgan fingerprint density at radius 2 is 1.55 bits per heavy atom. The molecule has 0 amide bonds. The van der Waals surface area contributed by atoms with E-state index in [0.29, 0.717) is 6.61 Å². The molecule has 4 aromatic rings. The monoisotopic (exact) mass is 431 g/mol. The molecule has 31 heavy (non-hydrogen) atoms. The van der Waals surface area contributed by atoms with E-state index in [2.05, 4.69) is 45.3 Å². The molecule has 0 aliphatic carbocycles. The van der Waals surface area contributed by atoms with Crippen molar-refractivity contribution in [2.45, 2.75) is 13.3 Å². The highest BCUT2D eigenvalue weighted by Gasteiger charge is 2.14. The zero-order chi connectivity index (χ0) is 21.6. The number of aromatic hydroxyl groups is 1. The van der Waals surface area contributed by atoms with Crippen LogP contribution in [0.2, 0.25) is 0 Å². The quantitative estimate of drug-likeness (QED) is 0.290. The molecular formula is C25H25N3O2S. The van der Waals surface area contributed by atoms with Crippen molar-refractivity contribution >= 4 is 33.9 Å². The van der Waals surface area contributed by atoms with Crippen LogP contribution in [0.1, 0.15) is 30.0 Å². The van der Waals surface area contributed by atoms with Gasteiger partial charge in [0.2, 0.25) is 0 Å². The molecule has 158 valence electrons. The van der Waals surface area contributed by atoms with E-state index in [1.165, 1.54) is 17.3 Å². The lowest BCUT2D eigenvalue weighted by atomic mass is 9.88. The van der Waals surface area contributed by atoms with Gasteiger partial charge in [-0.25, -0.2) is 0 Å². The fourth-order valence-electron chi connectivity index (χ4n) is 3.63. The summed E-state index contributed by atoms with van der Waals surface area (Å²) in [5, 5.41) is 12.9. The first-order valence-electron chi connectivity index (χ1n) is 10.3. The van der Waals surface area contributed by atoms with Crippen LogP contribution in [0.4, 0.5) is 0 Å². The third-order valence-corrected chi connectivity index (χ3v) is 5.73. The standard InChI is InChI=1S/C25H25N3O2S/c1-3-22(19-8-13-23-24(16-19)28-31-27-23)25(17-4-9-20(29)10-5-17)18-6-11-21(12-7-18)30-15-14-26-2/h4-13,16,26,29H,3,14-15H2,1-2H3/b25-22-. The molecule has 0 saturated heterocycles. The largest absolute Gasteiger partial charge is 0.508 e. The van der Waals surface area contributed by atoms with Crippen LogP contribution in [0, 0.1) is 0 Å². The third kappa shape index (κ3) is 4.76. The average Bonchev–Trinajstić information content (AvgIpc) is 3.27. The summed E-state index contributed by atoms with van der Waals surface area (Å²) < 4.78 is 14.5. The first kappa shape index (κ1) is 21.0. The summed E-state index contributed by atoms with van der Waals surface area (Å²) in [6.45, 7) is 3.58. The lowest BCUT2D eigenvalue weighted by molar-refractivity contribution is 0.318. The molecule has 0 atom stereocenters. The number of nitrogens with one attached hydrogen (secondary N) is 1. The lowest BCUT2D eigenvalue weighted by Crippen LogP contribution is -2.15. The van der Waals surface area contributed by atoms with Gasteiger partial charge in [0.05, 0.1) is 11.7 Å². The molecule has 0 aliphatic rings. The number of aromatic nitrogens is 2. The zero-order valence-electron chi connectivity index (χ0n) is 17.6. The van der Waals surface area contributed by atoms with Gasteiger partial charge < -0.3 is 15.2 Å². The highest BCUT2D eigenvalue weighted by atomic mass is 32.1. The minimum Gasteiger partial charge on any atom is -0.508 e. The molecule has 0 fully saturated rings. The van der Waals surface area contributed by atoms with Crippen molar-refractivity contribution in [1.29, 1.82) is 0 Å². The van der Waals surface area contributed by atoms with Crippen molar-refractivity contribution in [2.24, 2.45) is 0 Å². The van der Waals surface area contributed by atoms with Gasteiger partial charge in [-0.3, -0.25) is 0 Å². The summed E-state index contributed by atoms with van der Waals surface area (Å²) in [6, 6.07) is 21.8. The van der Waals surface area contributed by atoms with E-state index in [9.17, 15) is 5.11 Å². The fourth-order valence-corrected chi connectivity index (χ4v) is 4.14. The molecular weight excluding hydrogens is 406 g/mol. The number of nitrogens with zero attached hydrogens (tertiary/aromatic N) is 2. The predicted octanol–water partition coefficient (Wildman–Crippen LogP) is 5.36. The van der Waals surface area contributed by atoms with E-state index < -0.39 is 0 Å². The third-order valence-electron chi connectivity index (χ3n) is 5.18. The molecule has 0 radical (unpaired) electrons. The Labute approximate surface area is 186 Å². The van der Waals surface area contributed by atoms with Gasteiger partial charge in [0.15, 0.2) is 0 Å². The Bertz CT molecular complexity index is 1180. The number of phenols is 1. The molecule has 2 N–H and O–H groups in total. The molecule has 1 aromatic heterocycles. The van der Waals surface area contributed by atoms with Crippen molar-refractivity contribution in [3.05, 3.63) is 83.4 Å². The summed E-state index contributed by atoms with van der Waals surface area (Å²) in [6.07, 6.45) is 0.847. The van der Waals surface area contributed by atoms with Crippen LogP contribution in [-0.4, -0.2) is 34.1 Å². The Hall–Kier alpha value is -3.22. The molecule has 0 unspecified atom stereocenters. The van der Waals surface area contributed by atoms with Crippen LogP contribution in [0.3, 0.4) is 0 Å². The van der Waals surface area contributed by atoms with Crippen molar-refractivity contribution in [1.82, 2.24) is 14.1 Å². The molecule has 0 spiro atoms. The number of fused-ring (bicyclic) bond motifs is 1.